The first-order chi connectivity index (χ1) is 10.8. The van der Waals surface area contributed by atoms with Crippen molar-refractivity contribution in [2.75, 3.05) is 0 Å². The van der Waals surface area contributed by atoms with Crippen molar-refractivity contribution in [3.8, 4) is 11.1 Å². The molecule has 2 heteroatoms. The Morgan fingerprint density at radius 1 is 0.818 bits per heavy atom. The highest BCUT2D eigenvalue weighted by molar-refractivity contribution is 5.98. The van der Waals surface area contributed by atoms with E-state index in [-0.39, 0.29) is 5.92 Å². The fourth-order valence-electron chi connectivity index (χ4n) is 3.77. The Bertz CT molecular complexity index is 648. The van der Waals surface area contributed by atoms with Gasteiger partial charge in [-0.2, -0.15) is 0 Å². The van der Waals surface area contributed by atoms with E-state index in [1.54, 1.807) is 0 Å². The largest absolute Gasteiger partial charge is 0.375 e. The Morgan fingerprint density at radius 2 is 1.41 bits per heavy atom. The standard InChI is InChI=1S/C20H20O2/c21-20(17-12-18-10-11-19(13-17)22-18)16-8-6-15(7-9-16)14-4-2-1-3-5-14/h1-9,17-19H,10-13H2. The summed E-state index contributed by atoms with van der Waals surface area (Å²) in [5.41, 5.74) is 3.18. The lowest BCUT2D eigenvalue weighted by atomic mass is 9.87. The van der Waals surface area contributed by atoms with Crippen LogP contribution in [0.2, 0.25) is 0 Å². The number of ether oxygens (including phenoxy) is 1. The zero-order valence-electron chi connectivity index (χ0n) is 12.6. The predicted molar refractivity (Wildman–Crippen MR) is 86.8 cm³/mol. The molecule has 2 saturated heterocycles. The molecule has 112 valence electrons. The molecule has 2 fully saturated rings. The molecule has 2 bridgehead atoms. The first kappa shape index (κ1) is 13.7. The Morgan fingerprint density at radius 3 is 2.05 bits per heavy atom. The van der Waals surface area contributed by atoms with Crippen LogP contribution < -0.4 is 0 Å². The highest BCUT2D eigenvalue weighted by Crippen LogP contribution is 2.37. The second kappa shape index (κ2) is 5.69. The molecule has 4 rings (SSSR count). The molecule has 0 aromatic heterocycles. The summed E-state index contributed by atoms with van der Waals surface area (Å²) < 4.78 is 5.84. The highest BCUT2D eigenvalue weighted by Gasteiger charge is 2.38. The molecule has 2 nitrogen and oxygen atoms in total. The van der Waals surface area contributed by atoms with Gasteiger partial charge in [-0.25, -0.2) is 0 Å². The maximum atomic E-state index is 12.7. The minimum Gasteiger partial charge on any atom is -0.375 e. The number of hydrogen-bond acceptors (Lipinski definition) is 2. The van der Waals surface area contributed by atoms with Crippen LogP contribution in [-0.2, 0) is 4.74 Å². The van der Waals surface area contributed by atoms with E-state index in [9.17, 15) is 4.79 Å². The summed E-state index contributed by atoms with van der Waals surface area (Å²) in [5, 5.41) is 0. The number of fused-ring (bicyclic) bond motifs is 2. The summed E-state index contributed by atoms with van der Waals surface area (Å²) >= 11 is 0. The van der Waals surface area contributed by atoms with E-state index >= 15 is 0 Å². The third-order valence-corrected chi connectivity index (χ3v) is 4.94. The average Bonchev–Trinajstić information content (AvgIpc) is 2.93. The molecule has 2 aliphatic rings. The highest BCUT2D eigenvalue weighted by atomic mass is 16.5. The molecule has 2 aliphatic heterocycles. The molecule has 2 atom stereocenters. The topological polar surface area (TPSA) is 26.3 Å². The van der Waals surface area contributed by atoms with E-state index in [4.69, 9.17) is 4.74 Å². The molecular weight excluding hydrogens is 272 g/mol. The van der Waals surface area contributed by atoms with E-state index in [2.05, 4.69) is 24.3 Å². The van der Waals surface area contributed by atoms with E-state index < -0.39 is 0 Å². The van der Waals surface area contributed by atoms with E-state index in [1.165, 1.54) is 5.56 Å². The van der Waals surface area contributed by atoms with E-state index in [0.29, 0.717) is 18.0 Å². The number of hydrogen-bond donors (Lipinski definition) is 0. The maximum absolute atomic E-state index is 12.7. The van der Waals surface area contributed by atoms with Crippen LogP contribution in [0.15, 0.2) is 54.6 Å². The van der Waals surface area contributed by atoms with Crippen molar-refractivity contribution in [2.45, 2.75) is 37.9 Å². The molecule has 0 radical (unpaired) electrons. The predicted octanol–water partition coefficient (Wildman–Crippen LogP) is 4.49. The Balaban J connectivity index is 1.52. The zero-order valence-corrected chi connectivity index (χ0v) is 12.6. The summed E-state index contributed by atoms with van der Waals surface area (Å²) in [7, 11) is 0. The van der Waals surface area contributed by atoms with Gasteiger partial charge in [-0.1, -0.05) is 54.6 Å². The van der Waals surface area contributed by atoms with Gasteiger partial charge in [-0.05, 0) is 36.8 Å². The third kappa shape index (κ3) is 2.59. The summed E-state index contributed by atoms with van der Waals surface area (Å²) in [5.74, 6) is 0.439. The van der Waals surface area contributed by atoms with Gasteiger partial charge in [0.15, 0.2) is 5.78 Å². The average molecular weight is 292 g/mol. The number of benzene rings is 2. The van der Waals surface area contributed by atoms with Crippen LogP contribution in [0, 0.1) is 5.92 Å². The van der Waals surface area contributed by atoms with Gasteiger partial charge in [0.05, 0.1) is 12.2 Å². The van der Waals surface area contributed by atoms with Gasteiger partial charge >= 0.3 is 0 Å². The number of ketones is 1. The lowest BCUT2D eigenvalue weighted by Gasteiger charge is -2.27. The molecular formula is C20H20O2. The van der Waals surface area contributed by atoms with Crippen LogP contribution in [0.1, 0.15) is 36.0 Å². The zero-order chi connectivity index (χ0) is 14.9. The SMILES string of the molecule is O=C(c1ccc(-c2ccccc2)cc1)C1CC2CCC(C1)O2. The van der Waals surface area contributed by atoms with Gasteiger partial charge < -0.3 is 4.74 Å². The maximum Gasteiger partial charge on any atom is 0.166 e. The van der Waals surface area contributed by atoms with Crippen LogP contribution in [-0.4, -0.2) is 18.0 Å². The lowest BCUT2D eigenvalue weighted by Crippen LogP contribution is -2.30. The quantitative estimate of drug-likeness (QED) is 0.779. The van der Waals surface area contributed by atoms with Gasteiger partial charge in [-0.3, -0.25) is 4.79 Å². The van der Waals surface area contributed by atoms with Crippen LogP contribution >= 0.6 is 0 Å². The fourth-order valence-corrected chi connectivity index (χ4v) is 3.77. The van der Waals surface area contributed by atoms with Gasteiger partial charge in [-0.15, -0.1) is 0 Å². The molecule has 2 aromatic carbocycles. The van der Waals surface area contributed by atoms with E-state index in [1.807, 2.05) is 30.3 Å². The van der Waals surface area contributed by atoms with Crippen molar-refractivity contribution in [3.05, 3.63) is 60.2 Å². The van der Waals surface area contributed by atoms with Crippen LogP contribution in [0.25, 0.3) is 11.1 Å². The molecule has 0 N–H and O–H groups in total. The molecule has 0 spiro atoms. The number of rotatable bonds is 3. The Hall–Kier alpha value is -1.93. The smallest absolute Gasteiger partial charge is 0.166 e. The van der Waals surface area contributed by atoms with Crippen molar-refractivity contribution >= 4 is 5.78 Å². The monoisotopic (exact) mass is 292 g/mol. The summed E-state index contributed by atoms with van der Waals surface area (Å²) in [6.07, 6.45) is 4.68. The molecule has 0 aliphatic carbocycles. The van der Waals surface area contributed by atoms with Gasteiger partial charge in [0, 0.05) is 11.5 Å². The summed E-state index contributed by atoms with van der Waals surface area (Å²) in [4.78, 5) is 12.7. The first-order valence-corrected chi connectivity index (χ1v) is 8.15. The van der Waals surface area contributed by atoms with Crippen molar-refractivity contribution in [1.82, 2.24) is 0 Å². The number of carbonyl (C=O) groups excluding carboxylic acids is 1. The Labute approximate surface area is 131 Å². The molecule has 22 heavy (non-hydrogen) atoms. The van der Waals surface area contributed by atoms with Gasteiger partial charge in [0.2, 0.25) is 0 Å². The van der Waals surface area contributed by atoms with Crippen LogP contribution in [0.4, 0.5) is 0 Å². The first-order valence-electron chi connectivity index (χ1n) is 8.15. The third-order valence-electron chi connectivity index (χ3n) is 4.94. The fraction of sp³-hybridized carbons (Fsp3) is 0.350. The molecule has 0 amide bonds. The second-order valence-electron chi connectivity index (χ2n) is 6.43. The minimum atomic E-state index is 0.147. The normalized spacial score (nSPS) is 26.8. The summed E-state index contributed by atoms with van der Waals surface area (Å²) in [6.45, 7) is 0. The van der Waals surface area contributed by atoms with Gasteiger partial charge in [0.25, 0.3) is 0 Å². The van der Waals surface area contributed by atoms with Crippen molar-refractivity contribution in [3.63, 3.8) is 0 Å². The van der Waals surface area contributed by atoms with Crippen LogP contribution in [0.3, 0.4) is 0 Å². The molecule has 0 saturated carbocycles. The van der Waals surface area contributed by atoms with E-state index in [0.717, 1.165) is 36.8 Å². The molecule has 2 heterocycles. The molecule has 2 unspecified atom stereocenters. The lowest BCUT2D eigenvalue weighted by molar-refractivity contribution is -0.0149. The number of carbonyl (C=O) groups is 1. The van der Waals surface area contributed by atoms with Crippen molar-refractivity contribution in [2.24, 2.45) is 5.92 Å². The van der Waals surface area contributed by atoms with Crippen molar-refractivity contribution in [1.29, 1.82) is 0 Å². The minimum absolute atomic E-state index is 0.147. The summed E-state index contributed by atoms with van der Waals surface area (Å²) in [6, 6.07) is 18.3. The van der Waals surface area contributed by atoms with Gasteiger partial charge in [0.1, 0.15) is 0 Å². The van der Waals surface area contributed by atoms with Crippen LogP contribution in [0.5, 0.6) is 0 Å². The number of Topliss-reactive ketones (excluding diaryl/α,β-unsaturated/α-hetero) is 1. The Kier molecular flexibility index (Phi) is 3.55. The molecule has 2 aromatic rings. The second-order valence-corrected chi connectivity index (χ2v) is 6.43. The van der Waals surface area contributed by atoms with Crippen molar-refractivity contribution < 1.29 is 9.53 Å².